The predicted octanol–water partition coefficient (Wildman–Crippen LogP) is 3.52. The Labute approximate surface area is 190 Å². The Morgan fingerprint density at radius 2 is 2.06 bits per heavy atom. The first kappa shape index (κ1) is 22.4. The van der Waals surface area contributed by atoms with Crippen molar-refractivity contribution in [1.29, 1.82) is 0 Å². The molecule has 0 unspecified atom stereocenters. The lowest BCUT2D eigenvalue weighted by Gasteiger charge is -2.23. The second-order valence-electron chi connectivity index (χ2n) is 8.35. The number of anilines is 1. The third-order valence-electron chi connectivity index (χ3n) is 5.49. The van der Waals surface area contributed by atoms with Crippen molar-refractivity contribution < 1.29 is 13.7 Å². The summed E-state index contributed by atoms with van der Waals surface area (Å²) >= 11 is 0. The first-order chi connectivity index (χ1) is 15.8. The standard InChI is InChI=1S/C23H26FN7O2/c1-12(2)31(26)22(29-25)18-5-4-6-21(27-18)28-23(32)16-10-15(13(3)9-17(16)24)19-11-20(33-30-19)14-7-8-14/h4-6,9-12,14H,7-8,25-26H2,1-3H3,(H,27,28,32)/b29-22-. The van der Waals surface area contributed by atoms with Crippen molar-refractivity contribution in [2.24, 2.45) is 16.8 Å². The van der Waals surface area contributed by atoms with Gasteiger partial charge < -0.3 is 15.7 Å². The third kappa shape index (κ3) is 4.70. The number of hydrogen-bond acceptors (Lipinski definition) is 7. The van der Waals surface area contributed by atoms with Gasteiger partial charge in [-0.15, -0.1) is 0 Å². The Kier molecular flexibility index (Phi) is 6.10. The fraction of sp³-hybridized carbons (Fsp3) is 0.304. The number of carbonyl (C=O) groups excluding carboxylic acids is 1. The van der Waals surface area contributed by atoms with Crippen LogP contribution in [0.4, 0.5) is 10.2 Å². The molecule has 0 spiro atoms. The van der Waals surface area contributed by atoms with E-state index in [1.54, 1.807) is 25.1 Å². The lowest BCUT2D eigenvalue weighted by molar-refractivity contribution is 0.102. The van der Waals surface area contributed by atoms with Gasteiger partial charge in [-0.25, -0.2) is 15.2 Å². The molecule has 2 heterocycles. The highest BCUT2D eigenvalue weighted by molar-refractivity contribution is 6.05. The molecule has 0 bridgehead atoms. The number of benzene rings is 1. The number of nitrogens with one attached hydrogen (secondary N) is 1. The van der Waals surface area contributed by atoms with Crippen LogP contribution in [0.3, 0.4) is 0 Å². The monoisotopic (exact) mass is 451 g/mol. The summed E-state index contributed by atoms with van der Waals surface area (Å²) in [6.07, 6.45) is 2.15. The molecule has 3 aromatic rings. The first-order valence-corrected chi connectivity index (χ1v) is 10.7. The van der Waals surface area contributed by atoms with Crippen LogP contribution in [0.15, 0.2) is 46.0 Å². The van der Waals surface area contributed by atoms with Gasteiger partial charge in [-0.1, -0.05) is 11.2 Å². The Bertz CT molecular complexity index is 1220. The van der Waals surface area contributed by atoms with Gasteiger partial charge in [0, 0.05) is 23.6 Å². The summed E-state index contributed by atoms with van der Waals surface area (Å²) in [6.45, 7) is 5.51. The second-order valence-corrected chi connectivity index (χ2v) is 8.35. The molecule has 1 aliphatic rings. The van der Waals surface area contributed by atoms with Crippen LogP contribution in [-0.2, 0) is 0 Å². The topological polar surface area (TPSA) is 136 Å². The van der Waals surface area contributed by atoms with E-state index < -0.39 is 11.7 Å². The zero-order valence-corrected chi connectivity index (χ0v) is 18.7. The highest BCUT2D eigenvalue weighted by Crippen LogP contribution is 2.41. The number of aryl methyl sites for hydroxylation is 1. The van der Waals surface area contributed by atoms with Crippen LogP contribution in [0.1, 0.15) is 60.0 Å². The molecular formula is C23H26FN7O2. The van der Waals surface area contributed by atoms with E-state index in [9.17, 15) is 9.18 Å². The van der Waals surface area contributed by atoms with Gasteiger partial charge >= 0.3 is 0 Å². The number of pyridine rings is 1. The van der Waals surface area contributed by atoms with Crippen LogP contribution in [0.25, 0.3) is 11.3 Å². The van der Waals surface area contributed by atoms with Gasteiger partial charge in [-0.3, -0.25) is 9.80 Å². The van der Waals surface area contributed by atoms with E-state index in [4.69, 9.17) is 16.2 Å². The van der Waals surface area contributed by atoms with Crippen LogP contribution in [0, 0.1) is 12.7 Å². The van der Waals surface area contributed by atoms with Gasteiger partial charge in [0.1, 0.15) is 28.8 Å². The molecule has 172 valence electrons. The van der Waals surface area contributed by atoms with Crippen molar-refractivity contribution >= 4 is 17.6 Å². The summed E-state index contributed by atoms with van der Waals surface area (Å²) in [5.41, 5.74) is 2.09. The molecule has 1 aromatic carbocycles. The maximum absolute atomic E-state index is 14.7. The number of amides is 1. The van der Waals surface area contributed by atoms with E-state index in [0.29, 0.717) is 28.4 Å². The molecule has 5 N–H and O–H groups in total. The average molecular weight is 452 g/mol. The number of hydrazine groups is 1. The highest BCUT2D eigenvalue weighted by Gasteiger charge is 2.28. The van der Waals surface area contributed by atoms with Gasteiger partial charge in [0.25, 0.3) is 5.91 Å². The maximum Gasteiger partial charge on any atom is 0.259 e. The second kappa shape index (κ2) is 8.99. The molecule has 0 aliphatic heterocycles. The van der Waals surface area contributed by atoms with Crippen molar-refractivity contribution in [2.75, 3.05) is 5.32 Å². The molecule has 1 amide bonds. The van der Waals surface area contributed by atoms with E-state index in [2.05, 4.69) is 20.6 Å². The van der Waals surface area contributed by atoms with Crippen LogP contribution < -0.4 is 17.0 Å². The molecule has 0 radical (unpaired) electrons. The number of hydrogen-bond donors (Lipinski definition) is 3. The normalized spacial score (nSPS) is 13.9. The zero-order chi connectivity index (χ0) is 23.7. The van der Waals surface area contributed by atoms with E-state index >= 15 is 0 Å². The summed E-state index contributed by atoms with van der Waals surface area (Å²) in [5, 5.41) is 11.8. The SMILES string of the molecule is Cc1cc(F)c(C(=O)Nc2cccc(/C(=N/N)N(N)C(C)C)n2)cc1-c1cc(C2CC2)on1. The molecule has 0 atom stereocenters. The molecule has 4 rings (SSSR count). The maximum atomic E-state index is 14.7. The molecule has 1 saturated carbocycles. The number of carbonyl (C=O) groups is 1. The number of amidine groups is 1. The Morgan fingerprint density at radius 3 is 2.73 bits per heavy atom. The van der Waals surface area contributed by atoms with Gasteiger partial charge in [0.05, 0.1) is 5.56 Å². The highest BCUT2D eigenvalue weighted by atomic mass is 19.1. The van der Waals surface area contributed by atoms with E-state index in [1.165, 1.54) is 17.1 Å². The van der Waals surface area contributed by atoms with Crippen molar-refractivity contribution in [3.05, 3.63) is 64.8 Å². The molecular weight excluding hydrogens is 425 g/mol. The number of nitrogens with two attached hydrogens (primary N) is 2. The molecule has 33 heavy (non-hydrogen) atoms. The number of hydrazone groups is 1. The lowest BCUT2D eigenvalue weighted by Crippen LogP contribution is -2.44. The van der Waals surface area contributed by atoms with Gasteiger partial charge in [0.2, 0.25) is 0 Å². The lowest BCUT2D eigenvalue weighted by atomic mass is 10.0. The quantitative estimate of drug-likeness (QED) is 0.226. The Hall–Kier alpha value is -3.79. The number of rotatable bonds is 6. The summed E-state index contributed by atoms with van der Waals surface area (Å²) in [7, 11) is 0. The number of halogens is 1. The van der Waals surface area contributed by atoms with E-state index in [1.807, 2.05) is 19.9 Å². The van der Waals surface area contributed by atoms with E-state index in [0.717, 1.165) is 18.6 Å². The van der Waals surface area contributed by atoms with Crippen LogP contribution in [0.2, 0.25) is 0 Å². The van der Waals surface area contributed by atoms with Crippen molar-refractivity contribution in [3.63, 3.8) is 0 Å². The van der Waals surface area contributed by atoms with Crippen LogP contribution in [-0.4, -0.2) is 32.9 Å². The average Bonchev–Trinajstić information content (AvgIpc) is 3.51. The predicted molar refractivity (Wildman–Crippen MR) is 123 cm³/mol. The number of nitrogens with zero attached hydrogens (tertiary/aromatic N) is 4. The fourth-order valence-corrected chi connectivity index (χ4v) is 3.42. The molecule has 1 aliphatic carbocycles. The first-order valence-electron chi connectivity index (χ1n) is 10.7. The summed E-state index contributed by atoms with van der Waals surface area (Å²) < 4.78 is 20.1. The van der Waals surface area contributed by atoms with Gasteiger partial charge in [-0.2, -0.15) is 5.10 Å². The van der Waals surface area contributed by atoms with Gasteiger partial charge in [-0.05, 0) is 63.4 Å². The minimum Gasteiger partial charge on any atom is -0.360 e. The van der Waals surface area contributed by atoms with Crippen molar-refractivity contribution in [3.8, 4) is 11.3 Å². The molecule has 0 saturated heterocycles. The summed E-state index contributed by atoms with van der Waals surface area (Å²) in [5.74, 6) is 11.9. The van der Waals surface area contributed by atoms with Gasteiger partial charge in [0.15, 0.2) is 5.84 Å². The molecule has 1 fully saturated rings. The summed E-state index contributed by atoms with van der Waals surface area (Å²) in [4.78, 5) is 17.3. The van der Waals surface area contributed by atoms with Crippen molar-refractivity contribution in [2.45, 2.75) is 45.6 Å². The Morgan fingerprint density at radius 1 is 1.30 bits per heavy atom. The fourth-order valence-electron chi connectivity index (χ4n) is 3.42. The Balaban J connectivity index is 1.60. The van der Waals surface area contributed by atoms with Crippen LogP contribution >= 0.6 is 0 Å². The van der Waals surface area contributed by atoms with Crippen molar-refractivity contribution in [1.82, 2.24) is 15.1 Å². The third-order valence-corrected chi connectivity index (χ3v) is 5.49. The van der Waals surface area contributed by atoms with E-state index in [-0.39, 0.29) is 23.3 Å². The smallest absolute Gasteiger partial charge is 0.259 e. The minimum atomic E-state index is -0.649. The molecule has 10 heteroatoms. The largest absolute Gasteiger partial charge is 0.360 e. The number of aromatic nitrogens is 2. The minimum absolute atomic E-state index is 0.0793. The molecule has 9 nitrogen and oxygen atoms in total. The zero-order valence-electron chi connectivity index (χ0n) is 18.7. The molecule has 2 aromatic heterocycles. The summed E-state index contributed by atoms with van der Waals surface area (Å²) in [6, 6.07) is 9.48. The van der Waals surface area contributed by atoms with Crippen LogP contribution in [0.5, 0.6) is 0 Å².